The fourth-order valence-corrected chi connectivity index (χ4v) is 3.18. The summed E-state index contributed by atoms with van der Waals surface area (Å²) in [6.07, 6.45) is 2.62. The molecule has 2 aliphatic rings. The summed E-state index contributed by atoms with van der Waals surface area (Å²) in [6, 6.07) is -0.0361. The van der Waals surface area contributed by atoms with E-state index in [-0.39, 0.29) is 23.5 Å². The van der Waals surface area contributed by atoms with Gasteiger partial charge in [0.05, 0.1) is 11.5 Å². The zero-order valence-corrected chi connectivity index (χ0v) is 10.1. The Hall–Kier alpha value is -0.620. The lowest BCUT2D eigenvalue weighted by Crippen LogP contribution is -2.45. The average Bonchev–Trinajstić information content (AvgIpc) is 3.00. The fraction of sp³-hybridized carbons (Fsp3) is 0.900. The monoisotopic (exact) mass is 246 g/mol. The van der Waals surface area contributed by atoms with E-state index in [1.807, 2.05) is 0 Å². The van der Waals surface area contributed by atoms with Gasteiger partial charge in [-0.15, -0.1) is 0 Å². The summed E-state index contributed by atoms with van der Waals surface area (Å²) in [4.78, 5) is 13.4. The first-order chi connectivity index (χ1) is 7.48. The molecule has 0 spiro atoms. The van der Waals surface area contributed by atoms with Crippen molar-refractivity contribution in [2.75, 3.05) is 24.6 Å². The van der Waals surface area contributed by atoms with Gasteiger partial charge in [-0.2, -0.15) is 0 Å². The number of rotatable bonds is 3. The number of hydrogen-bond donors (Lipinski definition) is 1. The second-order valence-electron chi connectivity index (χ2n) is 4.74. The van der Waals surface area contributed by atoms with Gasteiger partial charge in [-0.1, -0.05) is 0 Å². The second kappa shape index (κ2) is 4.33. The van der Waals surface area contributed by atoms with Crippen LogP contribution in [0.3, 0.4) is 0 Å². The quantitative estimate of drug-likeness (QED) is 0.719. The van der Waals surface area contributed by atoms with Gasteiger partial charge in [0.2, 0.25) is 5.91 Å². The van der Waals surface area contributed by atoms with Crippen molar-refractivity contribution in [1.29, 1.82) is 0 Å². The van der Waals surface area contributed by atoms with Crippen molar-refractivity contribution in [3.63, 3.8) is 0 Å². The molecular formula is C10H18N2O3S. The third-order valence-corrected chi connectivity index (χ3v) is 4.94. The van der Waals surface area contributed by atoms with E-state index in [0.717, 1.165) is 12.8 Å². The fourth-order valence-electron chi connectivity index (χ4n) is 1.98. The van der Waals surface area contributed by atoms with Crippen LogP contribution in [0.25, 0.3) is 0 Å². The van der Waals surface area contributed by atoms with Crippen LogP contribution in [-0.4, -0.2) is 49.9 Å². The van der Waals surface area contributed by atoms with Crippen molar-refractivity contribution in [2.24, 2.45) is 11.7 Å². The van der Waals surface area contributed by atoms with E-state index in [2.05, 4.69) is 0 Å². The maximum atomic E-state index is 11.8. The Balaban J connectivity index is 1.81. The Kier molecular flexibility index (Phi) is 3.21. The SMILES string of the molecule is NC(CC(=O)N1CCS(=O)(=O)CC1)C1CC1. The molecule has 6 heteroatoms. The normalized spacial score (nSPS) is 26.4. The molecule has 1 amide bonds. The van der Waals surface area contributed by atoms with Crippen LogP contribution in [0.15, 0.2) is 0 Å². The molecule has 16 heavy (non-hydrogen) atoms. The van der Waals surface area contributed by atoms with Gasteiger partial charge in [-0.25, -0.2) is 8.42 Å². The van der Waals surface area contributed by atoms with Crippen molar-refractivity contribution < 1.29 is 13.2 Å². The maximum absolute atomic E-state index is 11.8. The zero-order valence-electron chi connectivity index (χ0n) is 9.26. The summed E-state index contributed by atoms with van der Waals surface area (Å²) in [5.41, 5.74) is 5.87. The van der Waals surface area contributed by atoms with Gasteiger partial charge in [0.15, 0.2) is 9.84 Å². The average molecular weight is 246 g/mol. The van der Waals surface area contributed by atoms with Gasteiger partial charge in [0.25, 0.3) is 0 Å². The van der Waals surface area contributed by atoms with Crippen molar-refractivity contribution in [2.45, 2.75) is 25.3 Å². The summed E-state index contributed by atoms with van der Waals surface area (Å²) in [6.45, 7) is 0.664. The number of hydrogen-bond acceptors (Lipinski definition) is 4. The largest absolute Gasteiger partial charge is 0.341 e. The van der Waals surface area contributed by atoms with Crippen LogP contribution in [-0.2, 0) is 14.6 Å². The molecular weight excluding hydrogens is 228 g/mol. The van der Waals surface area contributed by atoms with E-state index in [4.69, 9.17) is 5.73 Å². The highest BCUT2D eigenvalue weighted by molar-refractivity contribution is 7.91. The molecule has 2 rings (SSSR count). The van der Waals surface area contributed by atoms with Crippen molar-refractivity contribution >= 4 is 15.7 Å². The molecule has 2 fully saturated rings. The number of nitrogens with two attached hydrogens (primary N) is 1. The molecule has 2 N–H and O–H groups in total. The van der Waals surface area contributed by atoms with Crippen LogP contribution in [0.4, 0.5) is 0 Å². The summed E-state index contributed by atoms with van der Waals surface area (Å²) < 4.78 is 22.4. The standard InChI is InChI=1S/C10H18N2O3S/c11-9(8-1-2-8)7-10(13)12-3-5-16(14,15)6-4-12/h8-9H,1-7,11H2. The molecule has 92 valence electrons. The molecule has 5 nitrogen and oxygen atoms in total. The van der Waals surface area contributed by atoms with Crippen molar-refractivity contribution in [3.05, 3.63) is 0 Å². The van der Waals surface area contributed by atoms with Crippen LogP contribution >= 0.6 is 0 Å². The van der Waals surface area contributed by atoms with Crippen LogP contribution < -0.4 is 5.73 Å². The van der Waals surface area contributed by atoms with E-state index in [1.54, 1.807) is 4.90 Å². The highest BCUT2D eigenvalue weighted by atomic mass is 32.2. The molecule has 0 aromatic heterocycles. The van der Waals surface area contributed by atoms with E-state index < -0.39 is 9.84 Å². The molecule has 1 saturated carbocycles. The Bertz CT molecular complexity index is 362. The number of nitrogens with zero attached hydrogens (tertiary/aromatic N) is 1. The highest BCUT2D eigenvalue weighted by Gasteiger charge is 2.32. The Labute approximate surface area is 95.9 Å². The predicted molar refractivity (Wildman–Crippen MR) is 60.6 cm³/mol. The Morgan fingerprint density at radius 3 is 2.38 bits per heavy atom. The topological polar surface area (TPSA) is 80.5 Å². The van der Waals surface area contributed by atoms with E-state index in [9.17, 15) is 13.2 Å². The van der Waals surface area contributed by atoms with Gasteiger partial charge >= 0.3 is 0 Å². The second-order valence-corrected chi connectivity index (χ2v) is 7.04. The first-order valence-corrected chi connectivity index (χ1v) is 7.54. The molecule has 1 aliphatic heterocycles. The molecule has 1 unspecified atom stereocenters. The molecule has 1 heterocycles. The minimum Gasteiger partial charge on any atom is -0.341 e. The number of carbonyl (C=O) groups excluding carboxylic acids is 1. The minimum absolute atomic E-state index is 0.00861. The summed E-state index contributed by atoms with van der Waals surface area (Å²) in [7, 11) is -2.91. The Morgan fingerprint density at radius 2 is 1.88 bits per heavy atom. The predicted octanol–water partition coefficient (Wildman–Crippen LogP) is -0.629. The first kappa shape index (κ1) is 11.9. The summed E-state index contributed by atoms with van der Waals surface area (Å²) in [5, 5.41) is 0. The molecule has 1 atom stereocenters. The van der Waals surface area contributed by atoms with Gasteiger partial charge in [-0.3, -0.25) is 4.79 Å². The zero-order chi connectivity index (χ0) is 11.8. The van der Waals surface area contributed by atoms with E-state index in [1.165, 1.54) is 0 Å². The summed E-state index contributed by atoms with van der Waals surface area (Å²) in [5.74, 6) is 0.709. The number of sulfone groups is 1. The maximum Gasteiger partial charge on any atom is 0.224 e. The van der Waals surface area contributed by atoms with Gasteiger partial charge < -0.3 is 10.6 Å². The molecule has 0 aromatic carbocycles. The molecule has 0 bridgehead atoms. The molecule has 0 aromatic rings. The molecule has 1 aliphatic carbocycles. The lowest BCUT2D eigenvalue weighted by molar-refractivity contribution is -0.131. The molecule has 1 saturated heterocycles. The third-order valence-electron chi connectivity index (χ3n) is 3.33. The van der Waals surface area contributed by atoms with Gasteiger partial charge in [0, 0.05) is 25.6 Å². The lowest BCUT2D eigenvalue weighted by Gasteiger charge is -2.27. The minimum atomic E-state index is -2.91. The van der Waals surface area contributed by atoms with Crippen LogP contribution in [0, 0.1) is 5.92 Å². The molecule has 0 radical (unpaired) electrons. The van der Waals surface area contributed by atoms with Crippen LogP contribution in [0.5, 0.6) is 0 Å². The van der Waals surface area contributed by atoms with Gasteiger partial charge in [0.1, 0.15) is 0 Å². The smallest absolute Gasteiger partial charge is 0.224 e. The van der Waals surface area contributed by atoms with Crippen LogP contribution in [0.1, 0.15) is 19.3 Å². The van der Waals surface area contributed by atoms with Gasteiger partial charge in [-0.05, 0) is 18.8 Å². The first-order valence-electron chi connectivity index (χ1n) is 5.72. The highest BCUT2D eigenvalue weighted by Crippen LogP contribution is 2.33. The van der Waals surface area contributed by atoms with Crippen molar-refractivity contribution in [1.82, 2.24) is 4.90 Å². The third kappa shape index (κ3) is 2.95. The summed E-state index contributed by atoms with van der Waals surface area (Å²) >= 11 is 0. The number of amides is 1. The number of carbonyl (C=O) groups is 1. The Morgan fingerprint density at radius 1 is 1.31 bits per heavy atom. The lowest BCUT2D eigenvalue weighted by atomic mass is 10.1. The van der Waals surface area contributed by atoms with E-state index in [0.29, 0.717) is 25.4 Å². The van der Waals surface area contributed by atoms with Crippen molar-refractivity contribution in [3.8, 4) is 0 Å². The van der Waals surface area contributed by atoms with E-state index >= 15 is 0 Å². The van der Waals surface area contributed by atoms with Crippen LogP contribution in [0.2, 0.25) is 0 Å².